The van der Waals surface area contributed by atoms with Gasteiger partial charge in [-0.2, -0.15) is 8.78 Å². The van der Waals surface area contributed by atoms with Gasteiger partial charge in [-0.1, -0.05) is 12.1 Å². The molecule has 1 aliphatic heterocycles. The molecule has 1 unspecified atom stereocenters. The molecule has 1 saturated heterocycles. The number of rotatable bonds is 6. The Labute approximate surface area is 116 Å². The average molecular weight is 284 g/mol. The van der Waals surface area contributed by atoms with E-state index in [1.807, 2.05) is 6.92 Å². The van der Waals surface area contributed by atoms with Gasteiger partial charge in [0.15, 0.2) is 0 Å². The summed E-state index contributed by atoms with van der Waals surface area (Å²) in [5, 5.41) is 5.98. The average Bonchev–Trinajstić information content (AvgIpc) is 2.33. The molecule has 6 heteroatoms. The van der Waals surface area contributed by atoms with Gasteiger partial charge in [0, 0.05) is 6.42 Å². The molecule has 0 radical (unpaired) electrons. The summed E-state index contributed by atoms with van der Waals surface area (Å²) in [6.45, 7) is 0.721. The van der Waals surface area contributed by atoms with Crippen LogP contribution in [0.1, 0.15) is 24.9 Å². The molecule has 110 valence electrons. The van der Waals surface area contributed by atoms with Gasteiger partial charge in [-0.15, -0.1) is 0 Å². The fourth-order valence-electron chi connectivity index (χ4n) is 2.10. The van der Waals surface area contributed by atoms with E-state index in [1.165, 1.54) is 12.1 Å². The van der Waals surface area contributed by atoms with Gasteiger partial charge in [-0.25, -0.2) is 0 Å². The molecule has 1 aromatic carbocycles. The molecule has 0 bridgehead atoms. The Morgan fingerprint density at radius 3 is 2.85 bits per heavy atom. The molecule has 1 heterocycles. The predicted molar refractivity (Wildman–Crippen MR) is 70.6 cm³/mol. The van der Waals surface area contributed by atoms with Crippen LogP contribution in [0.5, 0.6) is 5.75 Å². The van der Waals surface area contributed by atoms with Crippen LogP contribution in [0, 0.1) is 5.92 Å². The first-order valence-electron chi connectivity index (χ1n) is 6.59. The van der Waals surface area contributed by atoms with Crippen LogP contribution in [0.2, 0.25) is 0 Å². The number of nitrogens with one attached hydrogen (secondary N) is 2. The lowest BCUT2D eigenvalue weighted by Crippen LogP contribution is -2.44. The van der Waals surface area contributed by atoms with Crippen LogP contribution in [0.4, 0.5) is 8.78 Å². The maximum absolute atomic E-state index is 12.2. The van der Waals surface area contributed by atoms with Crippen molar-refractivity contribution in [1.82, 2.24) is 10.6 Å². The van der Waals surface area contributed by atoms with Crippen molar-refractivity contribution >= 4 is 5.91 Å². The van der Waals surface area contributed by atoms with Crippen molar-refractivity contribution in [3.8, 4) is 5.75 Å². The highest BCUT2D eigenvalue weighted by atomic mass is 19.3. The number of ether oxygens (including phenoxy) is 1. The van der Waals surface area contributed by atoms with Crippen LogP contribution in [0.3, 0.4) is 0 Å². The second-order valence-corrected chi connectivity index (χ2v) is 4.97. The van der Waals surface area contributed by atoms with Gasteiger partial charge in [0.05, 0.1) is 6.04 Å². The fraction of sp³-hybridized carbons (Fsp3) is 0.500. The Kier molecular flexibility index (Phi) is 4.89. The minimum Gasteiger partial charge on any atom is -0.435 e. The Hall–Kier alpha value is -1.69. The predicted octanol–water partition coefficient (Wildman–Crippen LogP) is 2.07. The lowest BCUT2D eigenvalue weighted by molar-refractivity contribution is -0.123. The van der Waals surface area contributed by atoms with E-state index in [4.69, 9.17) is 0 Å². The number of carbonyl (C=O) groups is 1. The van der Waals surface area contributed by atoms with Crippen LogP contribution >= 0.6 is 0 Å². The summed E-state index contributed by atoms with van der Waals surface area (Å²) in [5.41, 5.74) is 0.739. The SMILES string of the molecule is CC(NC(=O)CC1CNC1)c1cccc(OC(F)F)c1. The summed E-state index contributed by atoms with van der Waals surface area (Å²) in [4.78, 5) is 11.8. The number of benzene rings is 1. The summed E-state index contributed by atoms with van der Waals surface area (Å²) in [6.07, 6.45) is 0.491. The molecule has 20 heavy (non-hydrogen) atoms. The minimum absolute atomic E-state index is 0.0239. The Balaban J connectivity index is 1.90. The summed E-state index contributed by atoms with van der Waals surface area (Å²) in [5.74, 6) is 0.474. The van der Waals surface area contributed by atoms with Crippen molar-refractivity contribution in [1.29, 1.82) is 0 Å². The summed E-state index contributed by atoms with van der Waals surface area (Å²) < 4.78 is 28.7. The molecular formula is C14H18F2N2O2. The summed E-state index contributed by atoms with van der Waals surface area (Å²) >= 11 is 0. The Morgan fingerprint density at radius 2 is 2.25 bits per heavy atom. The number of hydrogen-bond donors (Lipinski definition) is 2. The summed E-state index contributed by atoms with van der Waals surface area (Å²) in [7, 11) is 0. The smallest absolute Gasteiger partial charge is 0.387 e. The molecule has 1 fully saturated rings. The van der Waals surface area contributed by atoms with Gasteiger partial charge in [-0.05, 0) is 43.6 Å². The molecular weight excluding hydrogens is 266 g/mol. The molecule has 2 N–H and O–H groups in total. The van der Waals surface area contributed by atoms with E-state index in [2.05, 4.69) is 15.4 Å². The molecule has 0 aliphatic carbocycles. The zero-order valence-corrected chi connectivity index (χ0v) is 11.2. The minimum atomic E-state index is -2.85. The molecule has 0 saturated carbocycles. The first-order chi connectivity index (χ1) is 9.54. The number of amides is 1. The van der Waals surface area contributed by atoms with Gasteiger partial charge in [0.2, 0.25) is 5.91 Å². The largest absolute Gasteiger partial charge is 0.435 e. The zero-order chi connectivity index (χ0) is 14.5. The fourth-order valence-corrected chi connectivity index (χ4v) is 2.10. The van der Waals surface area contributed by atoms with E-state index in [1.54, 1.807) is 12.1 Å². The lowest BCUT2D eigenvalue weighted by Gasteiger charge is -2.27. The van der Waals surface area contributed by atoms with E-state index in [-0.39, 0.29) is 17.7 Å². The molecule has 1 aliphatic rings. The van der Waals surface area contributed by atoms with Gasteiger partial charge >= 0.3 is 6.61 Å². The number of carbonyl (C=O) groups excluding carboxylic acids is 1. The van der Waals surface area contributed by atoms with E-state index in [9.17, 15) is 13.6 Å². The first kappa shape index (κ1) is 14.7. The van der Waals surface area contributed by atoms with Crippen molar-refractivity contribution in [3.05, 3.63) is 29.8 Å². The third-order valence-electron chi connectivity index (χ3n) is 3.30. The zero-order valence-electron chi connectivity index (χ0n) is 11.2. The van der Waals surface area contributed by atoms with Crippen LogP contribution in [-0.4, -0.2) is 25.6 Å². The third kappa shape index (κ3) is 4.16. The normalized spacial score (nSPS) is 16.6. The highest BCUT2D eigenvalue weighted by Crippen LogP contribution is 2.21. The molecule has 1 amide bonds. The van der Waals surface area contributed by atoms with E-state index in [0.29, 0.717) is 12.3 Å². The Bertz CT molecular complexity index is 464. The highest BCUT2D eigenvalue weighted by Gasteiger charge is 2.21. The quantitative estimate of drug-likeness (QED) is 0.841. The lowest BCUT2D eigenvalue weighted by atomic mass is 9.98. The number of halogens is 2. The first-order valence-corrected chi connectivity index (χ1v) is 6.59. The number of hydrogen-bond acceptors (Lipinski definition) is 3. The highest BCUT2D eigenvalue weighted by molar-refractivity contribution is 5.76. The van der Waals surface area contributed by atoms with Crippen molar-refractivity contribution in [2.24, 2.45) is 5.92 Å². The van der Waals surface area contributed by atoms with Crippen LogP contribution < -0.4 is 15.4 Å². The molecule has 2 rings (SSSR count). The second kappa shape index (κ2) is 6.65. The molecule has 4 nitrogen and oxygen atoms in total. The third-order valence-corrected chi connectivity index (χ3v) is 3.30. The summed E-state index contributed by atoms with van der Waals surface area (Å²) in [6, 6.07) is 6.14. The van der Waals surface area contributed by atoms with Crippen molar-refractivity contribution in [3.63, 3.8) is 0 Å². The van der Waals surface area contributed by atoms with Crippen molar-refractivity contribution in [2.45, 2.75) is 26.0 Å². The Morgan fingerprint density at radius 1 is 1.50 bits per heavy atom. The van der Waals surface area contributed by atoms with Gasteiger partial charge in [0.1, 0.15) is 5.75 Å². The maximum Gasteiger partial charge on any atom is 0.387 e. The van der Waals surface area contributed by atoms with Crippen molar-refractivity contribution < 1.29 is 18.3 Å². The van der Waals surface area contributed by atoms with Crippen LogP contribution in [0.25, 0.3) is 0 Å². The van der Waals surface area contributed by atoms with E-state index in [0.717, 1.165) is 18.7 Å². The second-order valence-electron chi connectivity index (χ2n) is 4.97. The van der Waals surface area contributed by atoms with Gasteiger partial charge < -0.3 is 15.4 Å². The standard InChI is InChI=1S/C14H18F2N2O2/c1-9(18-13(19)5-10-7-17-8-10)11-3-2-4-12(6-11)20-14(15)16/h2-4,6,9-10,14,17H,5,7-8H2,1H3,(H,18,19). The van der Waals surface area contributed by atoms with Crippen LogP contribution in [0.15, 0.2) is 24.3 Å². The molecule has 0 spiro atoms. The van der Waals surface area contributed by atoms with E-state index < -0.39 is 6.61 Å². The van der Waals surface area contributed by atoms with Crippen LogP contribution in [-0.2, 0) is 4.79 Å². The monoisotopic (exact) mass is 284 g/mol. The van der Waals surface area contributed by atoms with Gasteiger partial charge in [-0.3, -0.25) is 4.79 Å². The molecule has 0 aromatic heterocycles. The molecule has 1 aromatic rings. The molecule has 1 atom stereocenters. The van der Waals surface area contributed by atoms with Gasteiger partial charge in [0.25, 0.3) is 0 Å². The van der Waals surface area contributed by atoms with Crippen molar-refractivity contribution in [2.75, 3.05) is 13.1 Å². The number of alkyl halides is 2. The van der Waals surface area contributed by atoms with E-state index >= 15 is 0 Å². The topological polar surface area (TPSA) is 50.4 Å². The maximum atomic E-state index is 12.2.